The number of carbonyl (C=O) groups is 1. The molecular formula is C24H26N6O2. The summed E-state index contributed by atoms with van der Waals surface area (Å²) in [4.78, 5) is 27.0. The van der Waals surface area contributed by atoms with Crippen molar-refractivity contribution in [2.24, 2.45) is 10.6 Å². The fraction of sp³-hybridized carbons (Fsp3) is 0.375. The molecule has 8 heteroatoms. The number of piperidine rings is 2. The second kappa shape index (κ2) is 8.18. The number of amides is 1. The number of benzene rings is 1. The second-order valence-electron chi connectivity index (χ2n) is 8.77. The molecule has 0 unspecified atom stereocenters. The molecule has 2 fully saturated rings. The summed E-state index contributed by atoms with van der Waals surface area (Å²) in [7, 11) is 0. The molecule has 32 heavy (non-hydrogen) atoms. The van der Waals surface area contributed by atoms with Crippen molar-refractivity contribution in [2.45, 2.75) is 25.7 Å². The van der Waals surface area contributed by atoms with Gasteiger partial charge in [-0.15, -0.1) is 0 Å². The SMILES string of the molecule is N=C1C=CC(CN2CCCC3(CCN(c4cnc5ccccc5n4)CC3)C2=O)=C/C1=N/O. The quantitative estimate of drug-likeness (QED) is 0.442. The van der Waals surface area contributed by atoms with Crippen molar-refractivity contribution in [3.05, 3.63) is 54.3 Å². The van der Waals surface area contributed by atoms with Crippen molar-refractivity contribution >= 4 is 34.2 Å². The molecular weight excluding hydrogens is 404 g/mol. The molecule has 2 N–H and O–H groups in total. The Balaban J connectivity index is 1.28. The number of carbonyl (C=O) groups excluding carboxylic acids is 1. The van der Waals surface area contributed by atoms with E-state index in [2.05, 4.69) is 15.0 Å². The summed E-state index contributed by atoms with van der Waals surface area (Å²) >= 11 is 0. The molecule has 1 aromatic heterocycles. The van der Waals surface area contributed by atoms with E-state index in [-0.39, 0.29) is 22.7 Å². The molecule has 1 aliphatic carbocycles. The molecule has 164 valence electrons. The normalized spacial score (nSPS) is 22.1. The molecule has 0 saturated carbocycles. The fourth-order valence-corrected chi connectivity index (χ4v) is 5.01. The molecule has 0 bridgehead atoms. The van der Waals surface area contributed by atoms with E-state index in [4.69, 9.17) is 15.6 Å². The lowest BCUT2D eigenvalue weighted by atomic mass is 9.71. The molecule has 2 aromatic rings. The number of likely N-dealkylation sites (tertiary alicyclic amines) is 1. The standard InChI is InChI=1S/C24H26N6O2/c25-18-7-6-17(14-21(18)28-32)16-30-11-3-8-24(23(30)31)9-12-29(13-10-24)22-15-26-19-4-1-2-5-20(19)27-22/h1-2,4-7,14-15,25,32H,3,8-13,16H2/b25-18?,28-21-. The van der Waals surface area contributed by atoms with Crippen molar-refractivity contribution < 1.29 is 10.0 Å². The minimum atomic E-state index is -0.321. The van der Waals surface area contributed by atoms with Gasteiger partial charge in [0.2, 0.25) is 5.91 Å². The lowest BCUT2D eigenvalue weighted by Gasteiger charge is -2.46. The van der Waals surface area contributed by atoms with E-state index in [1.54, 1.807) is 12.2 Å². The van der Waals surface area contributed by atoms with Gasteiger partial charge in [-0.05, 0) is 55.5 Å². The van der Waals surface area contributed by atoms with Crippen LogP contribution in [0.5, 0.6) is 0 Å². The van der Waals surface area contributed by atoms with Gasteiger partial charge in [-0.1, -0.05) is 23.4 Å². The molecule has 8 nitrogen and oxygen atoms in total. The van der Waals surface area contributed by atoms with Crippen molar-refractivity contribution in [3.8, 4) is 0 Å². The van der Waals surface area contributed by atoms with Gasteiger partial charge in [-0.3, -0.25) is 15.2 Å². The van der Waals surface area contributed by atoms with Gasteiger partial charge in [0.15, 0.2) is 0 Å². The second-order valence-corrected chi connectivity index (χ2v) is 8.77. The Morgan fingerprint density at radius 3 is 2.66 bits per heavy atom. The fourth-order valence-electron chi connectivity index (χ4n) is 5.01. The van der Waals surface area contributed by atoms with Gasteiger partial charge in [-0.2, -0.15) is 0 Å². The molecule has 0 radical (unpaired) electrons. The Morgan fingerprint density at radius 1 is 1.09 bits per heavy atom. The van der Waals surface area contributed by atoms with Crippen molar-refractivity contribution in [1.82, 2.24) is 14.9 Å². The van der Waals surface area contributed by atoms with Gasteiger partial charge in [-0.25, -0.2) is 4.98 Å². The van der Waals surface area contributed by atoms with Crippen molar-refractivity contribution in [1.29, 1.82) is 5.41 Å². The zero-order valence-electron chi connectivity index (χ0n) is 17.9. The third-order valence-corrected chi connectivity index (χ3v) is 6.85. The van der Waals surface area contributed by atoms with Crippen LogP contribution in [0.1, 0.15) is 25.7 Å². The zero-order chi connectivity index (χ0) is 22.1. The molecule has 2 saturated heterocycles. The number of para-hydroxylation sites is 2. The maximum atomic E-state index is 13.5. The Hall–Kier alpha value is -3.55. The first kappa shape index (κ1) is 20.4. The Morgan fingerprint density at radius 2 is 1.88 bits per heavy atom. The van der Waals surface area contributed by atoms with E-state index < -0.39 is 0 Å². The first-order valence-corrected chi connectivity index (χ1v) is 11.0. The van der Waals surface area contributed by atoms with Gasteiger partial charge in [0, 0.05) is 26.2 Å². The first-order valence-electron chi connectivity index (χ1n) is 11.0. The van der Waals surface area contributed by atoms with Gasteiger partial charge < -0.3 is 15.0 Å². The summed E-state index contributed by atoms with van der Waals surface area (Å²) in [5, 5.41) is 20.0. The summed E-state index contributed by atoms with van der Waals surface area (Å²) in [5.41, 5.74) is 2.73. The van der Waals surface area contributed by atoms with Gasteiger partial charge in [0.1, 0.15) is 11.5 Å². The van der Waals surface area contributed by atoms with Crippen LogP contribution in [0.2, 0.25) is 0 Å². The van der Waals surface area contributed by atoms with Crippen LogP contribution in [0.15, 0.2) is 59.4 Å². The van der Waals surface area contributed by atoms with Gasteiger partial charge in [0.25, 0.3) is 0 Å². The summed E-state index contributed by atoms with van der Waals surface area (Å²) < 4.78 is 0. The average molecular weight is 431 g/mol. The molecule has 1 spiro atoms. The Labute approximate surface area is 186 Å². The molecule has 3 heterocycles. The minimum Gasteiger partial charge on any atom is -0.410 e. The van der Waals surface area contributed by atoms with Crippen LogP contribution in [-0.2, 0) is 4.79 Å². The number of fused-ring (bicyclic) bond motifs is 1. The number of hydrogen-bond donors (Lipinski definition) is 2. The number of aromatic nitrogens is 2. The third-order valence-electron chi connectivity index (χ3n) is 6.85. The number of allylic oxidation sites excluding steroid dienone is 2. The maximum absolute atomic E-state index is 13.5. The van der Waals surface area contributed by atoms with Gasteiger partial charge in [0.05, 0.1) is 28.4 Å². The van der Waals surface area contributed by atoms with Crippen LogP contribution in [0.3, 0.4) is 0 Å². The van der Waals surface area contributed by atoms with E-state index in [0.29, 0.717) is 6.54 Å². The smallest absolute Gasteiger partial charge is 0.229 e. The van der Waals surface area contributed by atoms with E-state index >= 15 is 0 Å². The molecule has 0 atom stereocenters. The maximum Gasteiger partial charge on any atom is 0.229 e. The highest BCUT2D eigenvalue weighted by Gasteiger charge is 2.45. The largest absolute Gasteiger partial charge is 0.410 e. The van der Waals surface area contributed by atoms with Crippen LogP contribution >= 0.6 is 0 Å². The summed E-state index contributed by atoms with van der Waals surface area (Å²) in [5.74, 6) is 1.08. The van der Waals surface area contributed by atoms with Crippen molar-refractivity contribution in [2.75, 3.05) is 31.1 Å². The van der Waals surface area contributed by atoms with Crippen LogP contribution in [0.25, 0.3) is 11.0 Å². The number of anilines is 1. The van der Waals surface area contributed by atoms with E-state index in [0.717, 1.165) is 67.7 Å². The van der Waals surface area contributed by atoms with E-state index in [1.807, 2.05) is 41.4 Å². The first-order chi connectivity index (χ1) is 15.6. The lowest BCUT2D eigenvalue weighted by Crippen LogP contribution is -2.54. The number of rotatable bonds is 3. The highest BCUT2D eigenvalue weighted by Crippen LogP contribution is 2.42. The van der Waals surface area contributed by atoms with Crippen LogP contribution in [0, 0.1) is 10.8 Å². The van der Waals surface area contributed by atoms with Crippen molar-refractivity contribution in [3.63, 3.8) is 0 Å². The highest BCUT2D eigenvalue weighted by molar-refractivity contribution is 6.50. The summed E-state index contributed by atoms with van der Waals surface area (Å²) in [6.45, 7) is 2.78. The molecule has 5 rings (SSSR count). The van der Waals surface area contributed by atoms with Crippen LogP contribution in [0.4, 0.5) is 5.82 Å². The number of hydrogen-bond acceptors (Lipinski definition) is 7. The molecule has 3 aliphatic rings. The Kier molecular flexibility index (Phi) is 5.20. The topological polar surface area (TPSA) is 106 Å². The number of nitrogens with zero attached hydrogens (tertiary/aromatic N) is 5. The summed E-state index contributed by atoms with van der Waals surface area (Å²) in [6.07, 6.45) is 10.5. The third kappa shape index (κ3) is 3.66. The van der Waals surface area contributed by atoms with E-state index in [9.17, 15) is 4.79 Å². The average Bonchev–Trinajstić information content (AvgIpc) is 2.83. The predicted molar refractivity (Wildman–Crippen MR) is 123 cm³/mol. The molecule has 1 amide bonds. The number of oxime groups is 1. The molecule has 1 aromatic carbocycles. The number of nitrogens with one attached hydrogen (secondary N) is 1. The Bertz CT molecular complexity index is 1160. The zero-order valence-corrected chi connectivity index (χ0v) is 17.9. The lowest BCUT2D eigenvalue weighted by molar-refractivity contribution is -0.147. The molecule has 2 aliphatic heterocycles. The predicted octanol–water partition coefficient (Wildman–Crippen LogP) is 3.18. The monoisotopic (exact) mass is 430 g/mol. The highest BCUT2D eigenvalue weighted by atomic mass is 16.4. The minimum absolute atomic E-state index is 0.168. The van der Waals surface area contributed by atoms with E-state index in [1.165, 1.54) is 0 Å². The summed E-state index contributed by atoms with van der Waals surface area (Å²) in [6, 6.07) is 7.86. The van der Waals surface area contributed by atoms with Crippen LogP contribution < -0.4 is 4.90 Å². The van der Waals surface area contributed by atoms with Gasteiger partial charge >= 0.3 is 0 Å². The van der Waals surface area contributed by atoms with Crippen LogP contribution in [-0.4, -0.2) is 63.6 Å².